The summed E-state index contributed by atoms with van der Waals surface area (Å²) in [5.74, 6) is 1.99. The molecule has 3 heterocycles. The van der Waals surface area contributed by atoms with Crippen molar-refractivity contribution >= 4 is 53.1 Å². The van der Waals surface area contributed by atoms with Crippen LogP contribution in [0.25, 0.3) is 86.3 Å². The molecule has 0 aliphatic heterocycles. The molecule has 3 aromatic heterocycles. The second-order valence-corrected chi connectivity index (χ2v) is 13.2. The molecule has 9 rings (SSSR count). The monoisotopic (exact) mass is 624 g/mol. The van der Waals surface area contributed by atoms with Crippen LogP contribution in [-0.4, -0.2) is 19.9 Å². The molecule has 0 fully saturated rings. The Kier molecular flexibility index (Phi) is 6.47. The van der Waals surface area contributed by atoms with Gasteiger partial charge in [0.1, 0.15) is 5.01 Å². The quantitative estimate of drug-likeness (QED) is 0.191. The Balaban J connectivity index is 1.14. The van der Waals surface area contributed by atoms with Gasteiger partial charge in [-0.05, 0) is 29.3 Å². The molecule has 4 nitrogen and oxygen atoms in total. The van der Waals surface area contributed by atoms with Crippen LogP contribution in [0.1, 0.15) is 0 Å². The number of hydrogen-bond acceptors (Lipinski definition) is 6. The molecule has 0 radical (unpaired) electrons. The predicted molar refractivity (Wildman–Crippen MR) is 193 cm³/mol. The maximum Gasteiger partial charge on any atom is 0.164 e. The van der Waals surface area contributed by atoms with E-state index in [4.69, 9.17) is 19.9 Å². The molecular formula is C40H24N4S2. The van der Waals surface area contributed by atoms with Gasteiger partial charge < -0.3 is 0 Å². The summed E-state index contributed by atoms with van der Waals surface area (Å²) in [4.78, 5) is 19.8. The summed E-state index contributed by atoms with van der Waals surface area (Å²) >= 11 is 3.56. The van der Waals surface area contributed by atoms with E-state index in [1.807, 2.05) is 66.7 Å². The van der Waals surface area contributed by atoms with Crippen LogP contribution in [0.4, 0.5) is 0 Å². The fourth-order valence-electron chi connectivity index (χ4n) is 5.88. The molecule has 0 bridgehead atoms. The normalized spacial score (nSPS) is 11.5. The summed E-state index contributed by atoms with van der Waals surface area (Å²) in [5.41, 5.74) is 7.48. The van der Waals surface area contributed by atoms with Gasteiger partial charge in [-0.15, -0.1) is 22.7 Å². The second kappa shape index (κ2) is 11.1. The van der Waals surface area contributed by atoms with E-state index >= 15 is 0 Å². The molecule has 6 heteroatoms. The molecule has 0 saturated heterocycles. The van der Waals surface area contributed by atoms with Gasteiger partial charge in [-0.1, -0.05) is 127 Å². The van der Waals surface area contributed by atoms with Crippen molar-refractivity contribution < 1.29 is 0 Å². The number of aromatic nitrogens is 4. The molecule has 0 aliphatic carbocycles. The highest BCUT2D eigenvalue weighted by molar-refractivity contribution is 7.28. The minimum atomic E-state index is 0.663. The van der Waals surface area contributed by atoms with Gasteiger partial charge in [0.2, 0.25) is 0 Å². The van der Waals surface area contributed by atoms with E-state index in [9.17, 15) is 0 Å². The van der Waals surface area contributed by atoms with Crippen molar-refractivity contribution in [3.8, 4) is 55.9 Å². The maximum absolute atomic E-state index is 5.06. The number of hydrogen-bond donors (Lipinski definition) is 0. The molecule has 216 valence electrons. The van der Waals surface area contributed by atoms with E-state index < -0.39 is 0 Å². The lowest BCUT2D eigenvalue weighted by Crippen LogP contribution is -1.99. The van der Waals surface area contributed by atoms with Crippen LogP contribution >= 0.6 is 22.7 Å². The van der Waals surface area contributed by atoms with E-state index in [0.717, 1.165) is 32.8 Å². The Morgan fingerprint density at radius 1 is 0.370 bits per heavy atom. The first-order chi connectivity index (χ1) is 22.8. The lowest BCUT2D eigenvalue weighted by atomic mass is 10.0. The third-order valence-electron chi connectivity index (χ3n) is 8.19. The zero-order chi connectivity index (χ0) is 30.5. The van der Waals surface area contributed by atoms with Gasteiger partial charge in [-0.25, -0.2) is 19.9 Å². The van der Waals surface area contributed by atoms with Gasteiger partial charge in [0.15, 0.2) is 17.5 Å². The predicted octanol–water partition coefficient (Wildman–Crippen LogP) is 11.2. The lowest BCUT2D eigenvalue weighted by Gasteiger charge is -2.08. The Labute approximate surface area is 273 Å². The van der Waals surface area contributed by atoms with Crippen LogP contribution in [0.3, 0.4) is 0 Å². The number of nitrogens with zero attached hydrogens (tertiary/aromatic N) is 4. The summed E-state index contributed by atoms with van der Waals surface area (Å²) in [7, 11) is 0. The Bertz CT molecular complexity index is 2450. The van der Waals surface area contributed by atoms with E-state index in [-0.39, 0.29) is 0 Å². The Morgan fingerprint density at radius 3 is 1.52 bits per heavy atom. The average Bonchev–Trinajstić information content (AvgIpc) is 3.74. The molecule has 9 aromatic rings. The van der Waals surface area contributed by atoms with E-state index in [1.165, 1.54) is 36.0 Å². The molecule has 0 unspecified atom stereocenters. The van der Waals surface area contributed by atoms with Crippen molar-refractivity contribution in [1.29, 1.82) is 0 Å². The van der Waals surface area contributed by atoms with Crippen LogP contribution in [0.5, 0.6) is 0 Å². The number of thiophene rings is 1. The van der Waals surface area contributed by atoms with E-state index in [2.05, 4.69) is 78.9 Å². The van der Waals surface area contributed by atoms with Crippen LogP contribution < -0.4 is 0 Å². The maximum atomic E-state index is 5.06. The zero-order valence-electron chi connectivity index (χ0n) is 24.5. The van der Waals surface area contributed by atoms with Crippen molar-refractivity contribution in [2.24, 2.45) is 0 Å². The highest BCUT2D eigenvalue weighted by Gasteiger charge is 2.17. The van der Waals surface area contributed by atoms with E-state index in [1.54, 1.807) is 22.7 Å². The summed E-state index contributed by atoms with van der Waals surface area (Å²) in [6.45, 7) is 0. The molecule has 0 aliphatic rings. The molecule has 0 N–H and O–H groups in total. The van der Waals surface area contributed by atoms with Gasteiger partial charge in [0.05, 0.1) is 10.2 Å². The summed E-state index contributed by atoms with van der Waals surface area (Å²) < 4.78 is 3.67. The number of rotatable bonds is 5. The summed E-state index contributed by atoms with van der Waals surface area (Å²) in [5, 5.41) is 3.52. The van der Waals surface area contributed by atoms with E-state index in [0.29, 0.717) is 17.5 Å². The van der Waals surface area contributed by atoms with Crippen LogP contribution in [0, 0.1) is 0 Å². The summed E-state index contributed by atoms with van der Waals surface area (Å²) in [6, 6.07) is 50.3. The second-order valence-electron chi connectivity index (χ2n) is 11.1. The highest BCUT2D eigenvalue weighted by atomic mass is 32.1. The largest absolute Gasteiger partial charge is 0.236 e. The van der Waals surface area contributed by atoms with Gasteiger partial charge in [-0.3, -0.25) is 0 Å². The standard InChI is InChI=1S/C40H24N4S2/c1-4-10-25(11-5-1)26-16-18-29(19-17-26)40-41-32-22-23-33-35(36(32)46-40)31-21-20-30(24-34(31)45-33)39-43-37(27-12-6-2-7-13-27)42-38(44-39)28-14-8-3-9-15-28/h1-24H. The van der Waals surface area contributed by atoms with Crippen LogP contribution in [0.2, 0.25) is 0 Å². The van der Waals surface area contributed by atoms with Crippen molar-refractivity contribution in [1.82, 2.24) is 19.9 Å². The number of thiazole rings is 1. The fourth-order valence-corrected chi connectivity index (χ4v) is 8.23. The van der Waals surface area contributed by atoms with Crippen molar-refractivity contribution in [3.63, 3.8) is 0 Å². The zero-order valence-corrected chi connectivity index (χ0v) is 26.1. The average molecular weight is 625 g/mol. The van der Waals surface area contributed by atoms with Gasteiger partial charge in [0.25, 0.3) is 0 Å². The molecule has 0 saturated carbocycles. The molecule has 0 atom stereocenters. The first kappa shape index (κ1) is 26.8. The van der Waals surface area contributed by atoms with Crippen molar-refractivity contribution in [3.05, 3.63) is 146 Å². The molecule has 6 aromatic carbocycles. The van der Waals surface area contributed by atoms with Crippen LogP contribution in [-0.2, 0) is 0 Å². The Morgan fingerprint density at radius 2 is 0.891 bits per heavy atom. The minimum Gasteiger partial charge on any atom is -0.236 e. The third kappa shape index (κ3) is 4.76. The SMILES string of the molecule is c1ccc(-c2ccc(-c3nc4ccc5sc6cc(-c7nc(-c8ccccc8)nc(-c8ccccc8)n7)ccc6c5c4s3)cc2)cc1. The molecule has 0 spiro atoms. The third-order valence-corrected chi connectivity index (χ3v) is 10.4. The topological polar surface area (TPSA) is 51.6 Å². The number of fused-ring (bicyclic) bond motifs is 5. The first-order valence-corrected chi connectivity index (χ1v) is 16.7. The van der Waals surface area contributed by atoms with Gasteiger partial charge >= 0.3 is 0 Å². The van der Waals surface area contributed by atoms with Crippen molar-refractivity contribution in [2.45, 2.75) is 0 Å². The lowest BCUT2D eigenvalue weighted by molar-refractivity contribution is 1.07. The highest BCUT2D eigenvalue weighted by Crippen LogP contribution is 2.43. The smallest absolute Gasteiger partial charge is 0.164 e. The molecular weight excluding hydrogens is 601 g/mol. The Hall–Kier alpha value is -5.56. The van der Waals surface area contributed by atoms with Crippen LogP contribution in [0.15, 0.2) is 146 Å². The number of benzene rings is 6. The van der Waals surface area contributed by atoms with Gasteiger partial charge in [0, 0.05) is 42.4 Å². The van der Waals surface area contributed by atoms with Gasteiger partial charge in [-0.2, -0.15) is 0 Å². The minimum absolute atomic E-state index is 0.663. The molecule has 0 amide bonds. The van der Waals surface area contributed by atoms with Crippen molar-refractivity contribution in [2.75, 3.05) is 0 Å². The molecule has 46 heavy (non-hydrogen) atoms. The summed E-state index contributed by atoms with van der Waals surface area (Å²) in [6.07, 6.45) is 0. The first-order valence-electron chi connectivity index (χ1n) is 15.1. The fraction of sp³-hybridized carbons (Fsp3) is 0.